The van der Waals surface area contributed by atoms with E-state index in [1.807, 2.05) is 0 Å². The predicted molar refractivity (Wildman–Crippen MR) is 33.1 cm³/mol. The van der Waals surface area contributed by atoms with E-state index >= 15 is 0 Å². The number of carboxylic acid groups (broad SMARTS) is 1. The highest BCUT2D eigenvalue weighted by Gasteiger charge is 2.27. The molecule has 0 fully saturated rings. The molecule has 0 amide bonds. The molecule has 0 unspecified atom stereocenters. The van der Waals surface area contributed by atoms with Gasteiger partial charge in [-0.1, -0.05) is 6.08 Å². The van der Waals surface area contributed by atoms with Gasteiger partial charge < -0.3 is 10.2 Å². The zero-order valence-electron chi connectivity index (χ0n) is 5.29. The van der Waals surface area contributed by atoms with Crippen LogP contribution >= 0.6 is 0 Å². The first-order valence-electron chi connectivity index (χ1n) is 2.57. The maximum absolute atomic E-state index is 10.1. The Bertz CT molecular complexity index is 126. The number of rotatable bonds is 3. The minimum Gasteiger partial charge on any atom is -0.479 e. The molecular formula is C6H10O3. The van der Waals surface area contributed by atoms with E-state index in [1.54, 1.807) is 0 Å². The third-order valence-electron chi connectivity index (χ3n) is 1.00. The van der Waals surface area contributed by atoms with Crippen LogP contribution in [-0.4, -0.2) is 21.8 Å². The topological polar surface area (TPSA) is 57.5 Å². The van der Waals surface area contributed by atoms with Gasteiger partial charge in [-0.25, -0.2) is 4.79 Å². The van der Waals surface area contributed by atoms with Crippen molar-refractivity contribution in [2.24, 2.45) is 0 Å². The van der Waals surface area contributed by atoms with Crippen LogP contribution in [0.5, 0.6) is 0 Å². The zero-order chi connectivity index (χ0) is 7.49. The van der Waals surface area contributed by atoms with Gasteiger partial charge >= 0.3 is 5.97 Å². The fraction of sp³-hybridized carbons (Fsp3) is 0.500. The molecule has 0 heterocycles. The molecule has 0 aliphatic heterocycles. The van der Waals surface area contributed by atoms with Gasteiger partial charge in [0.15, 0.2) is 5.60 Å². The molecule has 0 aromatic carbocycles. The van der Waals surface area contributed by atoms with Gasteiger partial charge in [-0.2, -0.15) is 0 Å². The number of hydrogen-bond donors (Lipinski definition) is 2. The first kappa shape index (κ1) is 8.17. The van der Waals surface area contributed by atoms with E-state index in [-0.39, 0.29) is 6.42 Å². The van der Waals surface area contributed by atoms with Crippen LogP contribution in [0.15, 0.2) is 12.7 Å². The first-order valence-corrected chi connectivity index (χ1v) is 2.57. The second kappa shape index (κ2) is 2.64. The van der Waals surface area contributed by atoms with E-state index in [0.29, 0.717) is 0 Å². The summed E-state index contributed by atoms with van der Waals surface area (Å²) < 4.78 is 0. The van der Waals surface area contributed by atoms with Crippen LogP contribution in [0, 0.1) is 0 Å². The molecule has 9 heavy (non-hydrogen) atoms. The largest absolute Gasteiger partial charge is 0.479 e. The normalized spacial score (nSPS) is 16.2. The van der Waals surface area contributed by atoms with Crippen molar-refractivity contribution in [1.82, 2.24) is 0 Å². The van der Waals surface area contributed by atoms with E-state index in [0.717, 1.165) is 0 Å². The molecule has 0 aromatic rings. The van der Waals surface area contributed by atoms with Crippen molar-refractivity contribution in [2.75, 3.05) is 0 Å². The summed E-state index contributed by atoms with van der Waals surface area (Å²) in [4.78, 5) is 10.1. The van der Waals surface area contributed by atoms with Gasteiger partial charge in [-0.3, -0.25) is 0 Å². The summed E-state index contributed by atoms with van der Waals surface area (Å²) in [7, 11) is 0. The van der Waals surface area contributed by atoms with Crippen molar-refractivity contribution in [3.05, 3.63) is 12.7 Å². The van der Waals surface area contributed by atoms with E-state index in [4.69, 9.17) is 10.2 Å². The monoisotopic (exact) mass is 130 g/mol. The molecule has 0 saturated carbocycles. The lowest BCUT2D eigenvalue weighted by atomic mass is 10.0. The number of aliphatic carboxylic acids is 1. The fourth-order valence-corrected chi connectivity index (χ4v) is 0.368. The molecule has 0 radical (unpaired) electrons. The van der Waals surface area contributed by atoms with Gasteiger partial charge in [-0.05, 0) is 6.92 Å². The molecule has 0 aromatic heterocycles. The van der Waals surface area contributed by atoms with Crippen molar-refractivity contribution >= 4 is 5.97 Å². The molecule has 3 nitrogen and oxygen atoms in total. The summed E-state index contributed by atoms with van der Waals surface area (Å²) in [5, 5.41) is 17.2. The standard InChI is InChI=1S/C6H10O3/c1-3-4-6(2,9)5(7)8/h3,9H,1,4H2,2H3,(H,7,8)/t6-/m1/s1. The van der Waals surface area contributed by atoms with Gasteiger partial charge in [0.2, 0.25) is 0 Å². The van der Waals surface area contributed by atoms with Gasteiger partial charge in [0.25, 0.3) is 0 Å². The van der Waals surface area contributed by atoms with Crippen LogP contribution in [0.1, 0.15) is 13.3 Å². The Labute approximate surface area is 53.6 Å². The maximum atomic E-state index is 10.1. The Hall–Kier alpha value is -0.830. The minimum absolute atomic E-state index is 0.0718. The van der Waals surface area contributed by atoms with Crippen LogP contribution in [-0.2, 0) is 4.79 Å². The lowest BCUT2D eigenvalue weighted by Crippen LogP contribution is -2.33. The molecule has 0 bridgehead atoms. The Morgan fingerprint density at radius 3 is 2.44 bits per heavy atom. The lowest BCUT2D eigenvalue weighted by molar-refractivity contribution is -0.156. The summed E-state index contributed by atoms with van der Waals surface area (Å²) in [6.45, 7) is 4.54. The smallest absolute Gasteiger partial charge is 0.335 e. The highest BCUT2D eigenvalue weighted by Crippen LogP contribution is 2.08. The third-order valence-corrected chi connectivity index (χ3v) is 1.00. The molecule has 0 aliphatic rings. The number of aliphatic hydroxyl groups is 1. The molecule has 0 rings (SSSR count). The van der Waals surface area contributed by atoms with Crippen LogP contribution in [0.2, 0.25) is 0 Å². The minimum atomic E-state index is -1.65. The molecular weight excluding hydrogens is 120 g/mol. The van der Waals surface area contributed by atoms with E-state index in [9.17, 15) is 4.79 Å². The van der Waals surface area contributed by atoms with Crippen molar-refractivity contribution in [2.45, 2.75) is 18.9 Å². The van der Waals surface area contributed by atoms with Gasteiger partial charge in [-0.15, -0.1) is 6.58 Å². The summed E-state index contributed by atoms with van der Waals surface area (Å²) in [5.41, 5.74) is -1.65. The number of carboxylic acids is 1. The molecule has 2 N–H and O–H groups in total. The second-order valence-corrected chi connectivity index (χ2v) is 2.07. The first-order chi connectivity index (χ1) is 4.00. The summed E-state index contributed by atoms with van der Waals surface area (Å²) in [6, 6.07) is 0. The average Bonchev–Trinajstić information content (AvgIpc) is 1.65. The van der Waals surface area contributed by atoms with Crippen molar-refractivity contribution in [3.63, 3.8) is 0 Å². The lowest BCUT2D eigenvalue weighted by Gasteiger charge is -2.13. The van der Waals surface area contributed by atoms with Crippen molar-refractivity contribution in [3.8, 4) is 0 Å². The zero-order valence-corrected chi connectivity index (χ0v) is 5.29. The molecule has 52 valence electrons. The molecule has 0 aliphatic carbocycles. The number of carbonyl (C=O) groups is 1. The van der Waals surface area contributed by atoms with Gasteiger partial charge in [0, 0.05) is 6.42 Å². The quantitative estimate of drug-likeness (QED) is 0.543. The maximum Gasteiger partial charge on any atom is 0.335 e. The Morgan fingerprint density at radius 2 is 2.33 bits per heavy atom. The molecule has 0 saturated heterocycles. The van der Waals surface area contributed by atoms with Crippen LogP contribution < -0.4 is 0 Å². The Kier molecular flexibility index (Phi) is 2.40. The van der Waals surface area contributed by atoms with E-state index < -0.39 is 11.6 Å². The highest BCUT2D eigenvalue weighted by molar-refractivity contribution is 5.76. The Balaban J connectivity index is 4.00. The third kappa shape index (κ3) is 2.28. The van der Waals surface area contributed by atoms with Crippen molar-refractivity contribution in [1.29, 1.82) is 0 Å². The van der Waals surface area contributed by atoms with Crippen LogP contribution in [0.3, 0.4) is 0 Å². The summed E-state index contributed by atoms with van der Waals surface area (Å²) in [6.07, 6.45) is 1.44. The number of hydrogen-bond acceptors (Lipinski definition) is 2. The summed E-state index contributed by atoms with van der Waals surface area (Å²) >= 11 is 0. The Morgan fingerprint density at radius 1 is 1.89 bits per heavy atom. The van der Waals surface area contributed by atoms with Crippen LogP contribution in [0.25, 0.3) is 0 Å². The fourth-order valence-electron chi connectivity index (χ4n) is 0.368. The van der Waals surface area contributed by atoms with Gasteiger partial charge in [0.1, 0.15) is 0 Å². The SMILES string of the molecule is C=CC[C@@](C)(O)C(=O)O. The van der Waals surface area contributed by atoms with Crippen molar-refractivity contribution < 1.29 is 15.0 Å². The average molecular weight is 130 g/mol. The second-order valence-electron chi connectivity index (χ2n) is 2.07. The van der Waals surface area contributed by atoms with Crippen LogP contribution in [0.4, 0.5) is 0 Å². The highest BCUT2D eigenvalue weighted by atomic mass is 16.4. The molecule has 3 heteroatoms. The summed E-state index contributed by atoms with van der Waals surface area (Å²) in [5.74, 6) is -1.22. The van der Waals surface area contributed by atoms with E-state index in [1.165, 1.54) is 13.0 Å². The predicted octanol–water partition coefficient (Wildman–Crippen LogP) is 0.398. The van der Waals surface area contributed by atoms with Gasteiger partial charge in [0.05, 0.1) is 0 Å². The van der Waals surface area contributed by atoms with E-state index in [2.05, 4.69) is 6.58 Å². The molecule has 1 atom stereocenters. The molecule has 0 spiro atoms.